The van der Waals surface area contributed by atoms with Crippen LogP contribution in [0.1, 0.15) is 39.5 Å². The highest BCUT2D eigenvalue weighted by atomic mass is 35.5. The Morgan fingerprint density at radius 1 is 1.29 bits per heavy atom. The zero-order chi connectivity index (χ0) is 16.5. The quantitative estimate of drug-likeness (QED) is 0.703. The van der Waals surface area contributed by atoms with Crippen LogP contribution in [-0.4, -0.2) is 37.7 Å². The predicted molar refractivity (Wildman–Crippen MR) is 98.2 cm³/mol. The van der Waals surface area contributed by atoms with Crippen LogP contribution in [0.5, 0.6) is 11.5 Å². The molecule has 1 amide bonds. The van der Waals surface area contributed by atoms with Crippen LogP contribution >= 0.6 is 12.4 Å². The van der Waals surface area contributed by atoms with E-state index >= 15 is 0 Å². The Morgan fingerprint density at radius 3 is 2.67 bits per heavy atom. The molecule has 1 aromatic carbocycles. The zero-order valence-electron chi connectivity index (χ0n) is 14.5. The third kappa shape index (κ3) is 6.97. The maximum Gasteiger partial charge on any atom is 0.220 e. The van der Waals surface area contributed by atoms with E-state index in [-0.39, 0.29) is 18.3 Å². The van der Waals surface area contributed by atoms with E-state index in [2.05, 4.69) is 17.6 Å². The van der Waals surface area contributed by atoms with Crippen molar-refractivity contribution in [2.75, 3.05) is 19.8 Å². The predicted octanol–water partition coefficient (Wildman–Crippen LogP) is 2.92. The second kappa shape index (κ2) is 11.2. The van der Waals surface area contributed by atoms with E-state index < -0.39 is 0 Å². The zero-order valence-corrected chi connectivity index (χ0v) is 15.4. The topological polar surface area (TPSA) is 59.6 Å². The average molecular weight is 357 g/mol. The number of para-hydroxylation sites is 2. The molecule has 1 aromatic rings. The Kier molecular flexibility index (Phi) is 9.57. The van der Waals surface area contributed by atoms with Gasteiger partial charge in [-0.1, -0.05) is 12.1 Å². The molecule has 136 valence electrons. The van der Waals surface area contributed by atoms with Gasteiger partial charge in [0.05, 0.1) is 13.2 Å². The Bertz CT molecular complexity index is 499. The molecule has 1 aliphatic heterocycles. The number of ether oxygens (including phenoxy) is 2. The van der Waals surface area contributed by atoms with Crippen molar-refractivity contribution in [2.45, 2.75) is 51.6 Å². The fourth-order valence-electron chi connectivity index (χ4n) is 2.82. The van der Waals surface area contributed by atoms with Crippen molar-refractivity contribution >= 4 is 18.3 Å². The molecule has 1 aliphatic rings. The number of piperidine rings is 1. The Balaban J connectivity index is 0.00000288. The summed E-state index contributed by atoms with van der Waals surface area (Å²) in [6.45, 7) is 6.20. The molecule has 2 unspecified atom stereocenters. The van der Waals surface area contributed by atoms with Gasteiger partial charge in [-0.25, -0.2) is 0 Å². The minimum atomic E-state index is 0. The second-order valence-corrected chi connectivity index (χ2v) is 5.98. The monoisotopic (exact) mass is 356 g/mol. The van der Waals surface area contributed by atoms with Crippen molar-refractivity contribution in [3.05, 3.63) is 24.3 Å². The van der Waals surface area contributed by atoms with E-state index in [9.17, 15) is 4.79 Å². The van der Waals surface area contributed by atoms with Gasteiger partial charge in [0.15, 0.2) is 11.5 Å². The molecule has 2 N–H and O–H groups in total. The van der Waals surface area contributed by atoms with Crippen LogP contribution in [0.4, 0.5) is 0 Å². The summed E-state index contributed by atoms with van der Waals surface area (Å²) in [7, 11) is 0. The number of benzene rings is 1. The number of amides is 1. The summed E-state index contributed by atoms with van der Waals surface area (Å²) < 4.78 is 11.2. The summed E-state index contributed by atoms with van der Waals surface area (Å²) in [5.74, 6) is 1.61. The van der Waals surface area contributed by atoms with E-state index in [1.165, 1.54) is 0 Å². The van der Waals surface area contributed by atoms with Crippen LogP contribution in [0, 0.1) is 0 Å². The maximum atomic E-state index is 12.0. The Morgan fingerprint density at radius 2 is 2.00 bits per heavy atom. The largest absolute Gasteiger partial charge is 0.490 e. The molecule has 0 radical (unpaired) electrons. The number of halogens is 1. The summed E-state index contributed by atoms with van der Waals surface area (Å²) in [4.78, 5) is 12.0. The molecule has 0 bridgehead atoms. The standard InChI is InChI=1S/C18H28N2O3.ClH/c1-3-22-16-7-4-5-8-17(16)23-12-6-9-18(21)20-15-10-11-19-14(2)13-15;/h4-5,7-8,14-15,19H,3,6,9-13H2,1-2H3,(H,20,21);1H. The molecule has 0 aliphatic carbocycles. The number of rotatable bonds is 8. The lowest BCUT2D eigenvalue weighted by molar-refractivity contribution is -0.122. The number of carbonyl (C=O) groups excluding carboxylic acids is 1. The number of nitrogens with one attached hydrogen (secondary N) is 2. The highest BCUT2D eigenvalue weighted by Crippen LogP contribution is 2.26. The van der Waals surface area contributed by atoms with E-state index in [1.54, 1.807) is 0 Å². The van der Waals surface area contributed by atoms with Crippen LogP contribution in [0.3, 0.4) is 0 Å². The van der Waals surface area contributed by atoms with Crippen LogP contribution in [-0.2, 0) is 4.79 Å². The summed E-state index contributed by atoms with van der Waals surface area (Å²) >= 11 is 0. The first kappa shape index (κ1) is 20.6. The molecule has 1 heterocycles. The van der Waals surface area contributed by atoms with Gasteiger partial charge in [-0.05, 0) is 51.8 Å². The SMILES string of the molecule is CCOc1ccccc1OCCCC(=O)NC1CCNC(C)C1.Cl. The van der Waals surface area contributed by atoms with E-state index in [0.29, 0.717) is 38.1 Å². The first-order valence-corrected chi connectivity index (χ1v) is 8.56. The summed E-state index contributed by atoms with van der Waals surface area (Å²) in [6.07, 6.45) is 3.21. The van der Waals surface area contributed by atoms with Crippen molar-refractivity contribution < 1.29 is 14.3 Å². The van der Waals surface area contributed by atoms with Crippen molar-refractivity contribution in [1.29, 1.82) is 0 Å². The second-order valence-electron chi connectivity index (χ2n) is 5.98. The molecule has 1 saturated heterocycles. The molecule has 2 rings (SSSR count). The number of hydrogen-bond donors (Lipinski definition) is 2. The molecular formula is C18H29ClN2O3. The lowest BCUT2D eigenvalue weighted by Gasteiger charge is -2.28. The van der Waals surface area contributed by atoms with Crippen molar-refractivity contribution in [1.82, 2.24) is 10.6 Å². The van der Waals surface area contributed by atoms with Gasteiger partial charge < -0.3 is 20.1 Å². The lowest BCUT2D eigenvalue weighted by Crippen LogP contribution is -2.46. The van der Waals surface area contributed by atoms with Gasteiger partial charge >= 0.3 is 0 Å². The minimum Gasteiger partial charge on any atom is -0.490 e. The van der Waals surface area contributed by atoms with Gasteiger partial charge in [0.2, 0.25) is 5.91 Å². The molecule has 5 nitrogen and oxygen atoms in total. The molecule has 0 spiro atoms. The van der Waals surface area contributed by atoms with Crippen LogP contribution in [0.25, 0.3) is 0 Å². The average Bonchev–Trinajstić information content (AvgIpc) is 2.53. The third-order valence-corrected chi connectivity index (χ3v) is 3.94. The maximum absolute atomic E-state index is 12.0. The van der Waals surface area contributed by atoms with Crippen LogP contribution in [0.15, 0.2) is 24.3 Å². The number of carbonyl (C=O) groups is 1. The highest BCUT2D eigenvalue weighted by molar-refractivity contribution is 5.85. The molecule has 6 heteroatoms. The lowest BCUT2D eigenvalue weighted by atomic mass is 10.0. The van der Waals surface area contributed by atoms with Gasteiger partial charge in [-0.3, -0.25) is 4.79 Å². The molecule has 1 fully saturated rings. The van der Waals surface area contributed by atoms with Gasteiger partial charge in [0, 0.05) is 18.5 Å². The normalized spacial score (nSPS) is 19.9. The van der Waals surface area contributed by atoms with Gasteiger partial charge in [0.1, 0.15) is 0 Å². The van der Waals surface area contributed by atoms with Gasteiger partial charge in [-0.15, -0.1) is 12.4 Å². The molecule has 24 heavy (non-hydrogen) atoms. The highest BCUT2D eigenvalue weighted by Gasteiger charge is 2.19. The van der Waals surface area contributed by atoms with E-state index in [1.807, 2.05) is 31.2 Å². The molecule has 0 aromatic heterocycles. The summed E-state index contributed by atoms with van der Waals surface area (Å²) in [6, 6.07) is 8.41. The fraction of sp³-hybridized carbons (Fsp3) is 0.611. The van der Waals surface area contributed by atoms with Crippen LogP contribution in [0.2, 0.25) is 0 Å². The molecule has 2 atom stereocenters. The molecule has 0 saturated carbocycles. The van der Waals surface area contributed by atoms with Crippen LogP contribution < -0.4 is 20.1 Å². The van der Waals surface area contributed by atoms with E-state index in [0.717, 1.165) is 30.9 Å². The summed E-state index contributed by atoms with van der Waals surface area (Å²) in [5, 5.41) is 6.51. The van der Waals surface area contributed by atoms with E-state index in [4.69, 9.17) is 9.47 Å². The van der Waals surface area contributed by atoms with Gasteiger partial charge in [-0.2, -0.15) is 0 Å². The smallest absolute Gasteiger partial charge is 0.220 e. The van der Waals surface area contributed by atoms with Crippen molar-refractivity contribution in [3.8, 4) is 11.5 Å². The fourth-order valence-corrected chi connectivity index (χ4v) is 2.82. The van der Waals surface area contributed by atoms with Gasteiger partial charge in [0.25, 0.3) is 0 Å². The third-order valence-electron chi connectivity index (χ3n) is 3.94. The molecular weight excluding hydrogens is 328 g/mol. The Hall–Kier alpha value is -1.46. The van der Waals surface area contributed by atoms with Crippen molar-refractivity contribution in [3.63, 3.8) is 0 Å². The first-order valence-electron chi connectivity index (χ1n) is 8.56. The number of hydrogen-bond acceptors (Lipinski definition) is 4. The first-order chi connectivity index (χ1) is 11.2. The Labute approximate surface area is 150 Å². The minimum absolute atomic E-state index is 0. The van der Waals surface area contributed by atoms with Crippen molar-refractivity contribution in [2.24, 2.45) is 0 Å². The summed E-state index contributed by atoms with van der Waals surface area (Å²) in [5.41, 5.74) is 0.